The molecule has 2 heterocycles. The first kappa shape index (κ1) is 19.4. The maximum Gasteiger partial charge on any atom is 0.216 e. The highest BCUT2D eigenvalue weighted by molar-refractivity contribution is 5.79. The number of rotatable bonds is 8. The van der Waals surface area contributed by atoms with Gasteiger partial charge in [0.15, 0.2) is 11.7 Å². The number of ether oxygens (including phenoxy) is 1. The van der Waals surface area contributed by atoms with Gasteiger partial charge >= 0.3 is 0 Å². The molecular weight excluding hydrogens is 363 g/mol. The summed E-state index contributed by atoms with van der Waals surface area (Å²) in [7, 11) is 1.70. The van der Waals surface area contributed by atoms with E-state index in [0.29, 0.717) is 42.8 Å². The summed E-state index contributed by atoms with van der Waals surface area (Å²) in [4.78, 5) is 8.58. The van der Waals surface area contributed by atoms with Crippen molar-refractivity contribution in [3.05, 3.63) is 54.3 Å². The number of guanidine groups is 1. The highest BCUT2D eigenvalue weighted by atomic mass is 19.1. The van der Waals surface area contributed by atoms with Crippen molar-refractivity contribution in [2.75, 3.05) is 20.1 Å². The van der Waals surface area contributed by atoms with Crippen molar-refractivity contribution in [3.63, 3.8) is 0 Å². The molecule has 148 valence electrons. The van der Waals surface area contributed by atoms with Crippen LogP contribution >= 0.6 is 0 Å². The van der Waals surface area contributed by atoms with E-state index in [1.54, 1.807) is 31.5 Å². The lowest BCUT2D eigenvalue weighted by atomic mass is 10.3. The molecule has 1 unspecified atom stereocenters. The van der Waals surface area contributed by atoms with E-state index >= 15 is 0 Å². The molecule has 3 rings (SSSR count). The van der Waals surface area contributed by atoms with Crippen LogP contribution in [0.4, 0.5) is 4.39 Å². The van der Waals surface area contributed by atoms with Crippen LogP contribution in [0, 0.1) is 5.82 Å². The molecule has 3 N–H and O–H groups in total. The van der Waals surface area contributed by atoms with Crippen molar-refractivity contribution < 1.29 is 13.5 Å². The molecule has 0 bridgehead atoms. The zero-order chi connectivity index (χ0) is 19.8. The fraction of sp³-hybridized carbons (Fsp3) is 0.316. The second-order valence-electron chi connectivity index (χ2n) is 6.10. The van der Waals surface area contributed by atoms with Gasteiger partial charge in [-0.2, -0.15) is 5.10 Å². The quantitative estimate of drug-likeness (QED) is 0.406. The van der Waals surface area contributed by atoms with Crippen molar-refractivity contribution >= 4 is 5.96 Å². The first-order valence-electron chi connectivity index (χ1n) is 8.96. The van der Waals surface area contributed by atoms with Gasteiger partial charge in [0.2, 0.25) is 5.82 Å². The summed E-state index contributed by atoms with van der Waals surface area (Å²) < 4.78 is 23.9. The van der Waals surface area contributed by atoms with Gasteiger partial charge in [-0.05, 0) is 43.3 Å². The SMILES string of the molecule is CN=C(NCCc1nc(-c2ccco2)n[nH]1)NCC(C)Oc1ccc(F)cc1. The lowest BCUT2D eigenvalue weighted by Gasteiger charge is -2.17. The number of H-pyrrole nitrogens is 1. The van der Waals surface area contributed by atoms with Gasteiger partial charge < -0.3 is 19.8 Å². The second-order valence-corrected chi connectivity index (χ2v) is 6.10. The van der Waals surface area contributed by atoms with Crippen molar-refractivity contribution in [1.82, 2.24) is 25.8 Å². The van der Waals surface area contributed by atoms with E-state index in [-0.39, 0.29) is 11.9 Å². The Morgan fingerprint density at radius 3 is 2.82 bits per heavy atom. The van der Waals surface area contributed by atoms with E-state index in [1.807, 2.05) is 13.0 Å². The third-order valence-corrected chi connectivity index (χ3v) is 3.86. The van der Waals surface area contributed by atoms with Crippen molar-refractivity contribution in [1.29, 1.82) is 0 Å². The maximum absolute atomic E-state index is 12.9. The number of hydrogen-bond donors (Lipinski definition) is 3. The average Bonchev–Trinajstić information content (AvgIpc) is 3.38. The highest BCUT2D eigenvalue weighted by Crippen LogP contribution is 2.14. The minimum absolute atomic E-state index is 0.117. The van der Waals surface area contributed by atoms with Gasteiger partial charge in [0.1, 0.15) is 23.5 Å². The largest absolute Gasteiger partial charge is 0.489 e. The zero-order valence-corrected chi connectivity index (χ0v) is 15.8. The van der Waals surface area contributed by atoms with Gasteiger partial charge in [-0.3, -0.25) is 10.1 Å². The molecule has 1 aromatic carbocycles. The normalized spacial score (nSPS) is 12.6. The van der Waals surface area contributed by atoms with Crippen LogP contribution in [0.1, 0.15) is 12.7 Å². The lowest BCUT2D eigenvalue weighted by Crippen LogP contribution is -2.42. The van der Waals surface area contributed by atoms with Crippen LogP contribution in [0.5, 0.6) is 5.75 Å². The molecular formula is C19H23FN6O2. The number of halogens is 1. The number of aromatic amines is 1. The number of benzene rings is 1. The number of hydrogen-bond acceptors (Lipinski definition) is 5. The standard InChI is InChI=1S/C19H23FN6O2/c1-13(28-15-7-5-14(20)6-8-15)12-23-19(21-2)22-10-9-17-24-18(26-25-17)16-4-3-11-27-16/h3-8,11,13H,9-10,12H2,1-2H3,(H2,21,22,23)(H,24,25,26). The van der Waals surface area contributed by atoms with Gasteiger partial charge in [0.05, 0.1) is 12.8 Å². The summed E-state index contributed by atoms with van der Waals surface area (Å²) in [5.41, 5.74) is 0. The summed E-state index contributed by atoms with van der Waals surface area (Å²) in [6, 6.07) is 9.56. The molecule has 9 heteroatoms. The molecule has 0 saturated heterocycles. The molecule has 2 aromatic heterocycles. The zero-order valence-electron chi connectivity index (χ0n) is 15.8. The Bertz CT molecular complexity index is 876. The molecule has 3 aromatic rings. The van der Waals surface area contributed by atoms with Gasteiger partial charge in [-0.1, -0.05) is 0 Å². The Morgan fingerprint density at radius 2 is 2.11 bits per heavy atom. The fourth-order valence-corrected chi connectivity index (χ4v) is 2.47. The van der Waals surface area contributed by atoms with Crippen LogP contribution in [-0.4, -0.2) is 47.4 Å². The van der Waals surface area contributed by atoms with E-state index in [0.717, 1.165) is 5.82 Å². The van der Waals surface area contributed by atoms with E-state index in [1.165, 1.54) is 12.1 Å². The van der Waals surface area contributed by atoms with E-state index in [2.05, 4.69) is 30.8 Å². The molecule has 1 atom stereocenters. The van der Waals surface area contributed by atoms with E-state index in [4.69, 9.17) is 9.15 Å². The van der Waals surface area contributed by atoms with Crippen LogP contribution in [0.25, 0.3) is 11.6 Å². The monoisotopic (exact) mass is 386 g/mol. The summed E-state index contributed by atoms with van der Waals surface area (Å²) in [5.74, 6) is 2.90. The molecule has 0 saturated carbocycles. The van der Waals surface area contributed by atoms with E-state index < -0.39 is 0 Å². The van der Waals surface area contributed by atoms with Crippen LogP contribution in [-0.2, 0) is 6.42 Å². The third kappa shape index (κ3) is 5.57. The third-order valence-electron chi connectivity index (χ3n) is 3.86. The molecule has 0 aliphatic rings. The fourth-order valence-electron chi connectivity index (χ4n) is 2.47. The maximum atomic E-state index is 12.9. The average molecular weight is 386 g/mol. The predicted octanol–water partition coefficient (Wildman–Crippen LogP) is 2.38. The highest BCUT2D eigenvalue weighted by Gasteiger charge is 2.09. The molecule has 8 nitrogen and oxygen atoms in total. The van der Waals surface area contributed by atoms with Crippen LogP contribution in [0.3, 0.4) is 0 Å². The van der Waals surface area contributed by atoms with Gasteiger partial charge in [0, 0.05) is 20.0 Å². The first-order valence-corrected chi connectivity index (χ1v) is 8.96. The number of nitrogens with zero attached hydrogens (tertiary/aromatic N) is 3. The number of aliphatic imine (C=N–C) groups is 1. The number of aromatic nitrogens is 3. The van der Waals surface area contributed by atoms with Crippen molar-refractivity contribution in [2.24, 2.45) is 4.99 Å². The molecule has 0 radical (unpaired) electrons. The Balaban J connectivity index is 1.39. The molecule has 0 fully saturated rings. The molecule has 0 aliphatic carbocycles. The number of furan rings is 1. The summed E-state index contributed by atoms with van der Waals surface area (Å²) in [5, 5.41) is 13.4. The van der Waals surface area contributed by atoms with E-state index in [9.17, 15) is 4.39 Å². The topological polar surface area (TPSA) is 100 Å². The minimum Gasteiger partial charge on any atom is -0.489 e. The van der Waals surface area contributed by atoms with Gasteiger partial charge in [0.25, 0.3) is 0 Å². The number of nitrogens with one attached hydrogen (secondary N) is 3. The van der Waals surface area contributed by atoms with Crippen LogP contribution in [0.2, 0.25) is 0 Å². The predicted molar refractivity (Wildman–Crippen MR) is 104 cm³/mol. The Labute approximate surface area is 162 Å². The van der Waals surface area contributed by atoms with Crippen molar-refractivity contribution in [3.8, 4) is 17.3 Å². The molecule has 0 aliphatic heterocycles. The summed E-state index contributed by atoms with van der Waals surface area (Å²) in [6.07, 6.45) is 2.12. The Morgan fingerprint density at radius 1 is 1.29 bits per heavy atom. The van der Waals surface area contributed by atoms with Crippen molar-refractivity contribution in [2.45, 2.75) is 19.4 Å². The molecule has 28 heavy (non-hydrogen) atoms. The first-order chi connectivity index (χ1) is 13.6. The summed E-state index contributed by atoms with van der Waals surface area (Å²) in [6.45, 7) is 3.09. The van der Waals surface area contributed by atoms with Gasteiger partial charge in [-0.25, -0.2) is 9.37 Å². The van der Waals surface area contributed by atoms with Crippen LogP contribution in [0.15, 0.2) is 52.1 Å². The van der Waals surface area contributed by atoms with Gasteiger partial charge in [-0.15, -0.1) is 0 Å². The summed E-state index contributed by atoms with van der Waals surface area (Å²) >= 11 is 0. The Kier molecular flexibility index (Phi) is 6.61. The second kappa shape index (κ2) is 9.54. The van der Waals surface area contributed by atoms with Crippen LogP contribution < -0.4 is 15.4 Å². The lowest BCUT2D eigenvalue weighted by molar-refractivity contribution is 0.223. The Hall–Kier alpha value is -3.36. The smallest absolute Gasteiger partial charge is 0.216 e. The molecule has 0 amide bonds. The molecule has 0 spiro atoms. The minimum atomic E-state index is -0.286.